The van der Waals surface area contributed by atoms with Crippen LogP contribution in [0.2, 0.25) is 0 Å². The third-order valence-electron chi connectivity index (χ3n) is 2.60. The van der Waals surface area contributed by atoms with Crippen LogP contribution >= 0.6 is 0 Å². The van der Waals surface area contributed by atoms with Crippen LogP contribution in [0, 0.1) is 17.8 Å². The lowest BCUT2D eigenvalue weighted by molar-refractivity contribution is 0.115. The minimum Gasteiger partial charge on any atom is -0.384 e. The Balaban J connectivity index is 2.27. The molecule has 0 heterocycles. The first-order chi connectivity index (χ1) is 8.72. The SMILES string of the molecule is CC(C)CCCOCc1ccc(C#CCO)cc1. The van der Waals surface area contributed by atoms with Gasteiger partial charge in [-0.1, -0.05) is 37.8 Å². The van der Waals surface area contributed by atoms with E-state index in [1.165, 1.54) is 6.42 Å². The van der Waals surface area contributed by atoms with Crippen LogP contribution in [0.25, 0.3) is 0 Å². The molecule has 98 valence electrons. The van der Waals surface area contributed by atoms with Crippen molar-refractivity contribution in [1.82, 2.24) is 0 Å². The van der Waals surface area contributed by atoms with Crippen LogP contribution in [0.1, 0.15) is 37.8 Å². The van der Waals surface area contributed by atoms with Crippen LogP contribution in [0.3, 0.4) is 0 Å². The number of aliphatic hydroxyl groups is 1. The highest BCUT2D eigenvalue weighted by Gasteiger charge is 1.96. The summed E-state index contributed by atoms with van der Waals surface area (Å²) in [5.74, 6) is 6.25. The van der Waals surface area contributed by atoms with Gasteiger partial charge in [-0.2, -0.15) is 0 Å². The Morgan fingerprint density at radius 1 is 1.22 bits per heavy atom. The van der Waals surface area contributed by atoms with Crippen LogP contribution < -0.4 is 0 Å². The standard InChI is InChI=1S/C16H22O2/c1-14(2)5-4-12-18-13-16-9-7-15(8-10-16)6-3-11-17/h7-10,14,17H,4-5,11-13H2,1-2H3. The molecule has 0 aliphatic rings. The minimum atomic E-state index is -0.0965. The summed E-state index contributed by atoms with van der Waals surface area (Å²) < 4.78 is 5.62. The van der Waals surface area contributed by atoms with Gasteiger partial charge in [0.2, 0.25) is 0 Å². The second kappa shape index (κ2) is 8.74. The van der Waals surface area contributed by atoms with Gasteiger partial charge in [0.05, 0.1) is 6.61 Å². The lowest BCUT2D eigenvalue weighted by atomic mass is 10.1. The van der Waals surface area contributed by atoms with E-state index >= 15 is 0 Å². The fourth-order valence-corrected chi connectivity index (χ4v) is 1.61. The fourth-order valence-electron chi connectivity index (χ4n) is 1.61. The van der Waals surface area contributed by atoms with E-state index in [0.717, 1.165) is 30.1 Å². The lowest BCUT2D eigenvalue weighted by Crippen LogP contribution is -1.97. The molecule has 0 atom stereocenters. The van der Waals surface area contributed by atoms with Gasteiger partial charge in [-0.05, 0) is 36.5 Å². The number of hydrogen-bond acceptors (Lipinski definition) is 2. The Bertz CT molecular complexity index is 382. The van der Waals surface area contributed by atoms with Crippen molar-refractivity contribution in [3.63, 3.8) is 0 Å². The first kappa shape index (κ1) is 14.8. The van der Waals surface area contributed by atoms with Crippen LogP contribution in [-0.4, -0.2) is 18.3 Å². The average molecular weight is 246 g/mol. The second-order valence-electron chi connectivity index (χ2n) is 4.75. The highest BCUT2D eigenvalue weighted by Crippen LogP contribution is 2.07. The van der Waals surface area contributed by atoms with Crippen molar-refractivity contribution in [2.45, 2.75) is 33.3 Å². The average Bonchev–Trinajstić information content (AvgIpc) is 2.37. The number of hydrogen-bond donors (Lipinski definition) is 1. The molecular formula is C16H22O2. The van der Waals surface area contributed by atoms with Gasteiger partial charge in [-0.3, -0.25) is 0 Å². The number of ether oxygens (including phenoxy) is 1. The first-order valence-electron chi connectivity index (χ1n) is 6.49. The summed E-state index contributed by atoms with van der Waals surface area (Å²) in [6.45, 7) is 5.84. The van der Waals surface area contributed by atoms with Crippen molar-refractivity contribution < 1.29 is 9.84 Å². The quantitative estimate of drug-likeness (QED) is 0.617. The molecular weight excluding hydrogens is 224 g/mol. The van der Waals surface area contributed by atoms with Crippen LogP contribution in [0.5, 0.6) is 0 Å². The summed E-state index contributed by atoms with van der Waals surface area (Å²) in [6.07, 6.45) is 2.34. The highest BCUT2D eigenvalue weighted by atomic mass is 16.5. The predicted octanol–water partition coefficient (Wildman–Crippen LogP) is 2.98. The smallest absolute Gasteiger partial charge is 0.104 e. The van der Waals surface area contributed by atoms with Gasteiger partial charge in [0.25, 0.3) is 0 Å². The van der Waals surface area contributed by atoms with Crippen LogP contribution in [-0.2, 0) is 11.3 Å². The minimum absolute atomic E-state index is 0.0965. The lowest BCUT2D eigenvalue weighted by Gasteiger charge is -2.06. The van der Waals surface area contributed by atoms with E-state index in [-0.39, 0.29) is 6.61 Å². The monoisotopic (exact) mass is 246 g/mol. The molecule has 1 rings (SSSR count). The number of benzene rings is 1. The molecule has 0 unspecified atom stereocenters. The predicted molar refractivity (Wildman–Crippen MR) is 74.1 cm³/mol. The van der Waals surface area contributed by atoms with Gasteiger partial charge >= 0.3 is 0 Å². The van der Waals surface area contributed by atoms with Crippen molar-refractivity contribution in [2.24, 2.45) is 5.92 Å². The molecule has 1 aromatic rings. The zero-order chi connectivity index (χ0) is 13.2. The van der Waals surface area contributed by atoms with Gasteiger partial charge in [0, 0.05) is 12.2 Å². The molecule has 1 aromatic carbocycles. The molecule has 0 spiro atoms. The Morgan fingerprint density at radius 2 is 1.94 bits per heavy atom. The summed E-state index contributed by atoms with van der Waals surface area (Å²) in [7, 11) is 0. The molecule has 0 aromatic heterocycles. The fraction of sp³-hybridized carbons (Fsp3) is 0.500. The molecule has 18 heavy (non-hydrogen) atoms. The van der Waals surface area contributed by atoms with Gasteiger partial charge < -0.3 is 9.84 Å². The first-order valence-corrected chi connectivity index (χ1v) is 6.49. The summed E-state index contributed by atoms with van der Waals surface area (Å²) in [4.78, 5) is 0. The second-order valence-corrected chi connectivity index (χ2v) is 4.75. The van der Waals surface area contributed by atoms with E-state index in [9.17, 15) is 0 Å². The third kappa shape index (κ3) is 6.44. The summed E-state index contributed by atoms with van der Waals surface area (Å²) >= 11 is 0. The number of rotatable bonds is 6. The van der Waals surface area contributed by atoms with E-state index in [4.69, 9.17) is 9.84 Å². The Morgan fingerprint density at radius 3 is 2.56 bits per heavy atom. The maximum Gasteiger partial charge on any atom is 0.104 e. The van der Waals surface area contributed by atoms with Gasteiger partial charge in [0.15, 0.2) is 0 Å². The van der Waals surface area contributed by atoms with E-state index in [0.29, 0.717) is 6.61 Å². The highest BCUT2D eigenvalue weighted by molar-refractivity contribution is 5.35. The zero-order valence-electron chi connectivity index (χ0n) is 11.3. The molecule has 0 aliphatic carbocycles. The molecule has 2 nitrogen and oxygen atoms in total. The van der Waals surface area contributed by atoms with Crippen LogP contribution in [0.4, 0.5) is 0 Å². The maximum atomic E-state index is 8.59. The van der Waals surface area contributed by atoms with Crippen LogP contribution in [0.15, 0.2) is 24.3 Å². The summed E-state index contributed by atoms with van der Waals surface area (Å²) in [6, 6.07) is 7.94. The van der Waals surface area contributed by atoms with Crippen molar-refractivity contribution >= 4 is 0 Å². The van der Waals surface area contributed by atoms with Crippen molar-refractivity contribution in [2.75, 3.05) is 13.2 Å². The van der Waals surface area contributed by atoms with Gasteiger partial charge in [-0.15, -0.1) is 0 Å². The largest absolute Gasteiger partial charge is 0.384 e. The van der Waals surface area contributed by atoms with Crippen molar-refractivity contribution in [3.8, 4) is 11.8 Å². The van der Waals surface area contributed by atoms with Gasteiger partial charge in [-0.25, -0.2) is 0 Å². The molecule has 1 N–H and O–H groups in total. The van der Waals surface area contributed by atoms with Crippen molar-refractivity contribution in [1.29, 1.82) is 0 Å². The van der Waals surface area contributed by atoms with Crippen molar-refractivity contribution in [3.05, 3.63) is 35.4 Å². The zero-order valence-corrected chi connectivity index (χ0v) is 11.3. The van der Waals surface area contributed by atoms with E-state index in [1.807, 2.05) is 24.3 Å². The molecule has 0 amide bonds. The molecule has 0 fully saturated rings. The topological polar surface area (TPSA) is 29.5 Å². The molecule has 0 radical (unpaired) electrons. The Labute approximate surface area is 110 Å². The molecule has 2 heteroatoms. The molecule has 0 bridgehead atoms. The van der Waals surface area contributed by atoms with E-state index < -0.39 is 0 Å². The van der Waals surface area contributed by atoms with E-state index in [1.54, 1.807) is 0 Å². The number of aliphatic hydroxyl groups excluding tert-OH is 1. The summed E-state index contributed by atoms with van der Waals surface area (Å²) in [5, 5.41) is 8.59. The van der Waals surface area contributed by atoms with Gasteiger partial charge in [0.1, 0.15) is 6.61 Å². The third-order valence-corrected chi connectivity index (χ3v) is 2.60. The summed E-state index contributed by atoms with van der Waals surface area (Å²) in [5.41, 5.74) is 2.08. The normalized spacial score (nSPS) is 10.2. The molecule has 0 saturated heterocycles. The Kier molecular flexibility index (Phi) is 7.17. The molecule has 0 aliphatic heterocycles. The molecule has 0 saturated carbocycles. The Hall–Kier alpha value is -1.30. The maximum absolute atomic E-state index is 8.59. The van der Waals surface area contributed by atoms with E-state index in [2.05, 4.69) is 25.7 Å².